The lowest BCUT2D eigenvalue weighted by molar-refractivity contribution is -0.138. The second-order valence-corrected chi connectivity index (χ2v) is 1.56. The predicted octanol–water partition coefficient (Wildman–Crippen LogP) is -0.161. The molecule has 0 aromatic carbocycles. The maximum absolute atomic E-state index is 9.85. The van der Waals surface area contributed by atoms with E-state index in [9.17, 15) is 4.79 Å². The van der Waals surface area contributed by atoms with Gasteiger partial charge in [-0.3, -0.25) is 9.88 Å². The average molecular weight is 121 g/mol. The lowest BCUT2D eigenvalue weighted by Gasteiger charge is -1.99. The van der Waals surface area contributed by atoms with Gasteiger partial charge in [-0.15, -0.1) is 0 Å². The van der Waals surface area contributed by atoms with Gasteiger partial charge in [0, 0.05) is 0 Å². The third-order valence-electron chi connectivity index (χ3n) is 0.620. The molecule has 0 aromatic heterocycles. The summed E-state index contributed by atoms with van der Waals surface area (Å²) < 4.78 is 0. The quantitative estimate of drug-likeness (QED) is 0.499. The summed E-state index contributed by atoms with van der Waals surface area (Å²) in [6.07, 6.45) is 0. The van der Waals surface area contributed by atoms with Gasteiger partial charge in [-0.25, -0.2) is 0 Å². The molecule has 0 fully saturated rings. The van der Waals surface area contributed by atoms with Gasteiger partial charge in [0.05, 0.1) is 0 Å². The van der Waals surface area contributed by atoms with Crippen LogP contribution in [0.15, 0.2) is 0 Å². The molecule has 7 heavy (non-hydrogen) atoms. The molecule has 0 bridgehead atoms. The summed E-state index contributed by atoms with van der Waals surface area (Å²) in [4.78, 5) is 9.85. The number of aliphatic carboxylic acids is 1. The van der Waals surface area contributed by atoms with E-state index in [2.05, 4.69) is 14.5 Å². The molecule has 0 amide bonds. The molecule has 0 rings (SSSR count). The minimum atomic E-state index is -0.838. The van der Waals surface area contributed by atoms with Gasteiger partial charge >= 0.3 is 5.97 Å². The number of hydrogen-bond acceptors (Lipinski definition) is 2. The van der Waals surface area contributed by atoms with Crippen molar-refractivity contribution in [2.75, 3.05) is 0 Å². The van der Waals surface area contributed by atoms with Crippen molar-refractivity contribution >= 4 is 15.4 Å². The molecular formula is C3H8NO2P. The second kappa shape index (κ2) is 2.94. The van der Waals surface area contributed by atoms with Crippen molar-refractivity contribution in [1.82, 2.24) is 5.09 Å². The van der Waals surface area contributed by atoms with Crippen molar-refractivity contribution < 1.29 is 9.90 Å². The van der Waals surface area contributed by atoms with Gasteiger partial charge in [-0.1, -0.05) is 9.39 Å². The SMILES string of the molecule is C[C@H](NP)C(=O)O. The normalized spacial score (nSPS) is 13.4. The summed E-state index contributed by atoms with van der Waals surface area (Å²) >= 11 is 0. The van der Waals surface area contributed by atoms with Crippen LogP contribution in [0, 0.1) is 0 Å². The van der Waals surface area contributed by atoms with E-state index in [4.69, 9.17) is 5.11 Å². The summed E-state index contributed by atoms with van der Waals surface area (Å²) in [5, 5.41) is 10.6. The third kappa shape index (κ3) is 2.54. The van der Waals surface area contributed by atoms with Gasteiger partial charge in [0.15, 0.2) is 0 Å². The van der Waals surface area contributed by atoms with Crippen LogP contribution in [-0.4, -0.2) is 17.1 Å². The van der Waals surface area contributed by atoms with E-state index in [0.717, 1.165) is 0 Å². The van der Waals surface area contributed by atoms with Crippen LogP contribution in [0.2, 0.25) is 0 Å². The Balaban J connectivity index is 3.34. The summed E-state index contributed by atoms with van der Waals surface area (Å²) in [6, 6.07) is -0.468. The summed E-state index contributed by atoms with van der Waals surface area (Å²) in [7, 11) is 2.13. The lowest BCUT2D eigenvalue weighted by Crippen LogP contribution is -2.25. The van der Waals surface area contributed by atoms with Crippen molar-refractivity contribution in [1.29, 1.82) is 0 Å². The first-order valence-corrected chi connectivity index (χ1v) is 2.45. The summed E-state index contributed by atoms with van der Waals surface area (Å²) in [5.41, 5.74) is 0. The summed E-state index contributed by atoms with van der Waals surface area (Å²) in [6.45, 7) is 1.56. The number of carboxylic acids is 1. The average Bonchev–Trinajstić information content (AvgIpc) is 1.65. The molecule has 42 valence electrons. The van der Waals surface area contributed by atoms with Gasteiger partial charge < -0.3 is 5.11 Å². The number of nitrogens with one attached hydrogen (secondary N) is 1. The minimum Gasteiger partial charge on any atom is -0.480 e. The van der Waals surface area contributed by atoms with Gasteiger partial charge in [-0.2, -0.15) is 0 Å². The van der Waals surface area contributed by atoms with E-state index < -0.39 is 12.0 Å². The second-order valence-electron chi connectivity index (χ2n) is 1.23. The van der Waals surface area contributed by atoms with Crippen LogP contribution in [0.25, 0.3) is 0 Å². The van der Waals surface area contributed by atoms with Gasteiger partial charge in [0.1, 0.15) is 6.04 Å². The zero-order chi connectivity index (χ0) is 5.86. The molecule has 4 heteroatoms. The maximum atomic E-state index is 9.85. The largest absolute Gasteiger partial charge is 0.480 e. The molecule has 3 nitrogen and oxygen atoms in total. The highest BCUT2D eigenvalue weighted by atomic mass is 31.0. The lowest BCUT2D eigenvalue weighted by atomic mass is 10.4. The van der Waals surface area contributed by atoms with E-state index in [1.54, 1.807) is 6.92 Å². The van der Waals surface area contributed by atoms with Crippen molar-refractivity contribution in [3.63, 3.8) is 0 Å². The molecule has 0 aromatic rings. The minimum absolute atomic E-state index is 0.468. The fourth-order valence-corrected chi connectivity index (χ4v) is 0.214. The molecule has 0 spiro atoms. The topological polar surface area (TPSA) is 49.3 Å². The molecule has 0 aliphatic carbocycles. The van der Waals surface area contributed by atoms with Gasteiger partial charge in [-0.05, 0) is 6.92 Å². The Kier molecular flexibility index (Phi) is 2.88. The fourth-order valence-electron chi connectivity index (χ4n) is 0.0713. The number of hydrogen-bond donors (Lipinski definition) is 2. The Labute approximate surface area is 44.4 Å². The first-order valence-electron chi connectivity index (χ1n) is 1.87. The summed E-state index contributed by atoms with van der Waals surface area (Å²) in [5.74, 6) is -0.838. The fraction of sp³-hybridized carbons (Fsp3) is 0.667. The Morgan fingerprint density at radius 1 is 2.00 bits per heavy atom. The van der Waals surface area contributed by atoms with Gasteiger partial charge in [0.25, 0.3) is 0 Å². The molecule has 1 unspecified atom stereocenters. The smallest absolute Gasteiger partial charge is 0.320 e. The van der Waals surface area contributed by atoms with Crippen LogP contribution in [-0.2, 0) is 4.79 Å². The number of carboxylic acid groups (broad SMARTS) is 1. The van der Waals surface area contributed by atoms with Crippen molar-refractivity contribution in [2.24, 2.45) is 0 Å². The van der Waals surface area contributed by atoms with Crippen LogP contribution in [0.1, 0.15) is 6.92 Å². The number of rotatable bonds is 2. The Morgan fingerprint density at radius 3 is 2.43 bits per heavy atom. The first kappa shape index (κ1) is 6.86. The molecule has 2 N–H and O–H groups in total. The Morgan fingerprint density at radius 2 is 2.43 bits per heavy atom. The molecule has 0 radical (unpaired) electrons. The Bertz CT molecular complexity index is 75.3. The monoisotopic (exact) mass is 121 g/mol. The Hall–Kier alpha value is -0.140. The van der Waals surface area contributed by atoms with Crippen LogP contribution in [0.3, 0.4) is 0 Å². The molecule has 0 aliphatic rings. The highest BCUT2D eigenvalue weighted by Crippen LogP contribution is 1.81. The van der Waals surface area contributed by atoms with E-state index in [1.807, 2.05) is 0 Å². The zero-order valence-electron chi connectivity index (χ0n) is 4.01. The van der Waals surface area contributed by atoms with Crippen molar-refractivity contribution in [3.8, 4) is 0 Å². The molecule has 0 heterocycles. The molecular weight excluding hydrogens is 113 g/mol. The highest BCUT2D eigenvalue weighted by molar-refractivity contribution is 7.13. The van der Waals surface area contributed by atoms with Crippen molar-refractivity contribution in [2.45, 2.75) is 13.0 Å². The van der Waals surface area contributed by atoms with Crippen LogP contribution < -0.4 is 5.09 Å². The van der Waals surface area contributed by atoms with Crippen molar-refractivity contribution in [3.05, 3.63) is 0 Å². The maximum Gasteiger partial charge on any atom is 0.320 e. The number of carbonyl (C=O) groups is 1. The first-order chi connectivity index (χ1) is 3.18. The van der Waals surface area contributed by atoms with E-state index in [0.29, 0.717) is 0 Å². The van der Waals surface area contributed by atoms with Crippen LogP contribution in [0.5, 0.6) is 0 Å². The third-order valence-corrected chi connectivity index (χ3v) is 1.12. The van der Waals surface area contributed by atoms with Gasteiger partial charge in [0.2, 0.25) is 0 Å². The molecule has 0 aliphatic heterocycles. The molecule has 2 atom stereocenters. The van der Waals surface area contributed by atoms with E-state index in [1.165, 1.54) is 0 Å². The molecule has 0 saturated heterocycles. The highest BCUT2D eigenvalue weighted by Gasteiger charge is 2.04. The molecule has 0 saturated carbocycles. The predicted molar refractivity (Wildman–Crippen MR) is 29.9 cm³/mol. The standard InChI is InChI=1S/C3H8NO2P/c1-2(4-7)3(5)6/h2,4H,7H2,1H3,(H,5,6)/t2-/m0/s1. The zero-order valence-corrected chi connectivity index (χ0v) is 5.16. The van der Waals surface area contributed by atoms with Crippen LogP contribution >= 0.6 is 9.39 Å². The van der Waals surface area contributed by atoms with E-state index >= 15 is 0 Å². The van der Waals surface area contributed by atoms with E-state index in [-0.39, 0.29) is 0 Å². The van der Waals surface area contributed by atoms with Crippen LogP contribution in [0.4, 0.5) is 0 Å².